The number of cyclic esters (lactones) is 1. The van der Waals surface area contributed by atoms with Crippen molar-refractivity contribution in [2.75, 3.05) is 27.6 Å². The van der Waals surface area contributed by atoms with Crippen molar-refractivity contribution in [1.82, 2.24) is 0 Å². The lowest BCUT2D eigenvalue weighted by Crippen LogP contribution is -2.33. The fraction of sp³-hybridized carbons (Fsp3) is 0.550. The van der Waals surface area contributed by atoms with Crippen molar-refractivity contribution in [3.8, 4) is 11.5 Å². The van der Waals surface area contributed by atoms with Gasteiger partial charge in [-0.2, -0.15) is 0 Å². The van der Waals surface area contributed by atoms with Crippen molar-refractivity contribution in [2.45, 2.75) is 45.3 Å². The number of hydrogen-bond donors (Lipinski definition) is 0. The second-order valence-corrected chi connectivity index (χ2v) is 6.85. The van der Waals surface area contributed by atoms with Crippen LogP contribution in [-0.2, 0) is 20.8 Å². The number of fused-ring (bicyclic) bond motifs is 3. The van der Waals surface area contributed by atoms with Crippen molar-refractivity contribution in [1.29, 1.82) is 0 Å². The third-order valence-electron chi connectivity index (χ3n) is 4.92. The van der Waals surface area contributed by atoms with Gasteiger partial charge in [0.15, 0.2) is 0 Å². The highest BCUT2D eigenvalue weighted by atomic mass is 16.7. The summed E-state index contributed by atoms with van der Waals surface area (Å²) in [5, 5.41) is 0. The number of ether oxygens (including phenoxy) is 5. The topological polar surface area (TPSA) is 63.2 Å². The molecule has 0 aliphatic carbocycles. The maximum Gasteiger partial charge on any atom is 0.342 e. The molecule has 0 radical (unpaired) electrons. The van der Waals surface area contributed by atoms with E-state index in [0.29, 0.717) is 24.7 Å². The Kier molecular flexibility index (Phi) is 5.53. The van der Waals surface area contributed by atoms with Crippen LogP contribution in [0.1, 0.15) is 53.2 Å². The Morgan fingerprint density at radius 3 is 2.81 bits per heavy atom. The molecule has 0 bridgehead atoms. The Balaban J connectivity index is 1.80. The van der Waals surface area contributed by atoms with Gasteiger partial charge in [-0.25, -0.2) is 4.79 Å². The first kappa shape index (κ1) is 18.7. The van der Waals surface area contributed by atoms with Gasteiger partial charge in [0, 0.05) is 19.3 Å². The minimum Gasteiger partial charge on any atom is -0.496 e. The molecule has 0 fully saturated rings. The van der Waals surface area contributed by atoms with Gasteiger partial charge in [-0.1, -0.05) is 0 Å². The molecule has 6 heteroatoms. The summed E-state index contributed by atoms with van der Waals surface area (Å²) in [5.41, 5.74) is 2.65. The SMILES string of the molecule is COCOCCCCC1(C)C=Cc2c(OC)c(C)c3c(c2O1)C(=O)OC3. The predicted molar refractivity (Wildman–Crippen MR) is 96.6 cm³/mol. The molecule has 1 aromatic carbocycles. The summed E-state index contributed by atoms with van der Waals surface area (Å²) >= 11 is 0. The molecule has 0 saturated heterocycles. The molecular weight excluding hydrogens is 336 g/mol. The van der Waals surface area contributed by atoms with Crippen LogP contribution in [0, 0.1) is 6.92 Å². The van der Waals surface area contributed by atoms with E-state index in [1.54, 1.807) is 14.2 Å². The zero-order valence-electron chi connectivity index (χ0n) is 15.8. The monoisotopic (exact) mass is 362 g/mol. The number of benzene rings is 1. The lowest BCUT2D eigenvalue weighted by Gasteiger charge is -2.33. The molecule has 0 N–H and O–H groups in total. The van der Waals surface area contributed by atoms with E-state index in [-0.39, 0.29) is 12.6 Å². The summed E-state index contributed by atoms with van der Waals surface area (Å²) in [5.74, 6) is 0.988. The molecule has 0 saturated carbocycles. The Bertz CT molecular complexity index is 724. The zero-order valence-corrected chi connectivity index (χ0v) is 15.8. The first-order chi connectivity index (χ1) is 12.5. The van der Waals surface area contributed by atoms with E-state index in [1.165, 1.54) is 0 Å². The molecule has 0 amide bonds. The number of rotatable bonds is 8. The summed E-state index contributed by atoms with van der Waals surface area (Å²) in [6, 6.07) is 0. The van der Waals surface area contributed by atoms with Crippen LogP contribution in [0.5, 0.6) is 11.5 Å². The van der Waals surface area contributed by atoms with Crippen molar-refractivity contribution in [3.63, 3.8) is 0 Å². The second-order valence-electron chi connectivity index (χ2n) is 6.85. The van der Waals surface area contributed by atoms with Gasteiger partial charge in [-0.05, 0) is 50.8 Å². The van der Waals surface area contributed by atoms with E-state index in [9.17, 15) is 4.79 Å². The molecule has 1 atom stereocenters. The standard InChI is InChI=1S/C20H26O6/c1-13-15-11-25-19(21)16(15)18-14(17(13)23-4)7-9-20(2,26-18)8-5-6-10-24-12-22-3/h7,9H,5-6,8,10-12H2,1-4H3. The van der Waals surface area contributed by atoms with Crippen molar-refractivity contribution < 1.29 is 28.5 Å². The van der Waals surface area contributed by atoms with Crippen LogP contribution in [-0.4, -0.2) is 39.2 Å². The van der Waals surface area contributed by atoms with E-state index in [2.05, 4.69) is 0 Å². The average Bonchev–Trinajstić information content (AvgIpc) is 3.01. The molecule has 2 aliphatic heterocycles. The van der Waals surface area contributed by atoms with Crippen LogP contribution in [0.15, 0.2) is 6.08 Å². The largest absolute Gasteiger partial charge is 0.496 e. The van der Waals surface area contributed by atoms with E-state index >= 15 is 0 Å². The van der Waals surface area contributed by atoms with Gasteiger partial charge >= 0.3 is 5.97 Å². The Morgan fingerprint density at radius 1 is 1.27 bits per heavy atom. The summed E-state index contributed by atoms with van der Waals surface area (Å²) in [6.45, 7) is 5.21. The van der Waals surface area contributed by atoms with Crippen LogP contribution in [0.25, 0.3) is 6.08 Å². The zero-order chi connectivity index (χ0) is 18.7. The Morgan fingerprint density at radius 2 is 2.08 bits per heavy atom. The molecule has 3 rings (SSSR count). The molecular formula is C20H26O6. The normalized spacial score (nSPS) is 20.4. The molecule has 1 unspecified atom stereocenters. The van der Waals surface area contributed by atoms with Crippen molar-refractivity contribution >= 4 is 12.0 Å². The third-order valence-corrected chi connectivity index (χ3v) is 4.92. The van der Waals surface area contributed by atoms with Gasteiger partial charge in [0.2, 0.25) is 0 Å². The van der Waals surface area contributed by atoms with Crippen LogP contribution in [0.2, 0.25) is 0 Å². The van der Waals surface area contributed by atoms with Crippen LogP contribution >= 0.6 is 0 Å². The van der Waals surface area contributed by atoms with Gasteiger partial charge in [0.25, 0.3) is 0 Å². The molecule has 6 nitrogen and oxygen atoms in total. The fourth-order valence-corrected chi connectivity index (χ4v) is 3.51. The van der Waals surface area contributed by atoms with Gasteiger partial charge in [-0.3, -0.25) is 0 Å². The lowest BCUT2D eigenvalue weighted by molar-refractivity contribution is -0.0323. The first-order valence-electron chi connectivity index (χ1n) is 8.86. The molecule has 1 aromatic rings. The fourth-order valence-electron chi connectivity index (χ4n) is 3.51. The van der Waals surface area contributed by atoms with Gasteiger partial charge in [-0.15, -0.1) is 0 Å². The van der Waals surface area contributed by atoms with Crippen LogP contribution < -0.4 is 9.47 Å². The Labute approximate surface area is 154 Å². The Hall–Kier alpha value is -2.05. The van der Waals surface area contributed by atoms with Crippen molar-refractivity contribution in [2.24, 2.45) is 0 Å². The van der Waals surface area contributed by atoms with Crippen molar-refractivity contribution in [3.05, 3.63) is 28.3 Å². The molecule has 142 valence electrons. The van der Waals surface area contributed by atoms with Crippen LogP contribution in [0.3, 0.4) is 0 Å². The number of methoxy groups -OCH3 is 2. The number of unbranched alkanes of at least 4 members (excludes halogenated alkanes) is 1. The first-order valence-corrected chi connectivity index (χ1v) is 8.86. The summed E-state index contributed by atoms with van der Waals surface area (Å²) < 4.78 is 27.3. The van der Waals surface area contributed by atoms with Crippen LogP contribution in [0.4, 0.5) is 0 Å². The number of carbonyl (C=O) groups excluding carboxylic acids is 1. The maximum atomic E-state index is 12.3. The molecule has 2 heterocycles. The van der Waals surface area contributed by atoms with E-state index < -0.39 is 5.60 Å². The lowest BCUT2D eigenvalue weighted by atomic mass is 9.90. The average molecular weight is 362 g/mol. The predicted octanol–water partition coefficient (Wildman–Crippen LogP) is 3.63. The number of carbonyl (C=O) groups is 1. The maximum absolute atomic E-state index is 12.3. The van der Waals surface area contributed by atoms with Gasteiger partial charge < -0.3 is 23.7 Å². The highest BCUT2D eigenvalue weighted by Crippen LogP contribution is 2.47. The third kappa shape index (κ3) is 3.44. The molecule has 0 aromatic heterocycles. The minimum atomic E-state index is -0.481. The second kappa shape index (κ2) is 7.68. The minimum absolute atomic E-state index is 0.268. The van der Waals surface area contributed by atoms with E-state index in [1.807, 2.05) is 26.0 Å². The smallest absolute Gasteiger partial charge is 0.342 e. The summed E-state index contributed by atoms with van der Waals surface area (Å²) in [4.78, 5) is 12.3. The van der Waals surface area contributed by atoms with Gasteiger partial charge in [0.1, 0.15) is 36.1 Å². The summed E-state index contributed by atoms with van der Waals surface area (Å²) in [6.07, 6.45) is 6.72. The highest BCUT2D eigenvalue weighted by Gasteiger charge is 2.37. The quantitative estimate of drug-likeness (QED) is 0.400. The highest BCUT2D eigenvalue weighted by molar-refractivity contribution is 5.99. The molecule has 2 aliphatic rings. The van der Waals surface area contributed by atoms with Gasteiger partial charge in [0.05, 0.1) is 12.7 Å². The van der Waals surface area contributed by atoms with E-state index in [0.717, 1.165) is 41.7 Å². The van der Waals surface area contributed by atoms with E-state index in [4.69, 9.17) is 23.7 Å². The molecule has 0 spiro atoms. The summed E-state index contributed by atoms with van der Waals surface area (Å²) in [7, 11) is 3.24. The number of hydrogen-bond acceptors (Lipinski definition) is 6. The number of esters is 1. The molecule has 26 heavy (non-hydrogen) atoms.